The summed E-state index contributed by atoms with van der Waals surface area (Å²) in [7, 11) is 0. The molecule has 198 valence electrons. The molecule has 2 nitrogen and oxygen atoms in total. The molecule has 0 bridgehead atoms. The molecule has 2 atom stereocenters. The Morgan fingerprint density at radius 1 is 0.811 bits per heavy atom. The average Bonchev–Trinajstić information content (AvgIpc) is 3.46. The normalized spacial score (nSPS) is 23.7. The van der Waals surface area contributed by atoms with Crippen molar-refractivity contribution in [2.24, 2.45) is 0 Å². The highest BCUT2D eigenvalue weighted by Gasteiger charge is 2.38. The van der Waals surface area contributed by atoms with Gasteiger partial charge in [0.25, 0.3) is 0 Å². The van der Waals surface area contributed by atoms with Crippen LogP contribution in [0.25, 0.3) is 0 Å². The van der Waals surface area contributed by atoms with E-state index in [1.165, 1.54) is 17.7 Å². The summed E-state index contributed by atoms with van der Waals surface area (Å²) in [6.07, 6.45) is 1.80. The van der Waals surface area contributed by atoms with Crippen molar-refractivity contribution in [3.8, 4) is 0 Å². The summed E-state index contributed by atoms with van der Waals surface area (Å²) in [5.41, 5.74) is 2.06. The lowest BCUT2D eigenvalue weighted by atomic mass is 9.81. The predicted octanol–water partition coefficient (Wildman–Crippen LogP) is 8.68. The van der Waals surface area contributed by atoms with E-state index < -0.39 is 0 Å². The van der Waals surface area contributed by atoms with Gasteiger partial charge in [0, 0.05) is 40.5 Å². The average molecular weight is 586 g/mol. The minimum Gasteiger partial charge on any atom is -0.316 e. The number of nitrogens with zero attached hydrogens (tertiary/aromatic N) is 1. The molecule has 2 aliphatic heterocycles. The van der Waals surface area contributed by atoms with Crippen LogP contribution in [-0.2, 0) is 17.4 Å². The Bertz CT molecular complexity index is 1250. The van der Waals surface area contributed by atoms with Crippen molar-refractivity contribution < 1.29 is 8.78 Å². The third-order valence-electron chi connectivity index (χ3n) is 7.46. The fourth-order valence-electron chi connectivity index (χ4n) is 5.29. The second kappa shape index (κ2) is 11.8. The van der Waals surface area contributed by atoms with Gasteiger partial charge in [0.1, 0.15) is 11.6 Å². The van der Waals surface area contributed by atoms with Gasteiger partial charge in [-0.1, -0.05) is 90.6 Å². The van der Waals surface area contributed by atoms with Crippen LogP contribution in [0.3, 0.4) is 0 Å². The molecule has 3 aromatic rings. The summed E-state index contributed by atoms with van der Waals surface area (Å²) in [5, 5.41) is 4.41. The third-order valence-corrected chi connectivity index (χ3v) is 8.44. The van der Waals surface area contributed by atoms with Crippen LogP contribution in [0.1, 0.15) is 43.4 Å². The number of benzene rings is 3. The molecule has 5 rings (SSSR count). The van der Waals surface area contributed by atoms with E-state index in [0.717, 1.165) is 45.6 Å². The van der Waals surface area contributed by atoms with Crippen molar-refractivity contribution in [3.05, 3.63) is 103 Å². The lowest BCUT2D eigenvalue weighted by molar-refractivity contribution is 0.307. The van der Waals surface area contributed by atoms with E-state index in [-0.39, 0.29) is 32.5 Å². The van der Waals surface area contributed by atoms with E-state index in [0.29, 0.717) is 21.2 Å². The molecule has 0 saturated carbocycles. The second-order valence-corrected chi connectivity index (χ2v) is 12.2. The predicted molar refractivity (Wildman–Crippen MR) is 151 cm³/mol. The first kappa shape index (κ1) is 28.6. The van der Waals surface area contributed by atoms with Gasteiger partial charge in [0.05, 0.1) is 10.0 Å². The maximum absolute atomic E-state index is 14.4. The smallest absolute Gasteiger partial charge is 0.145 e. The monoisotopic (exact) mass is 584 g/mol. The molecule has 0 spiro atoms. The van der Waals surface area contributed by atoms with Gasteiger partial charge in [-0.3, -0.25) is 4.90 Å². The van der Waals surface area contributed by atoms with Crippen LogP contribution in [0, 0.1) is 11.6 Å². The van der Waals surface area contributed by atoms with Crippen LogP contribution in [0.5, 0.6) is 0 Å². The van der Waals surface area contributed by atoms with Crippen molar-refractivity contribution in [2.75, 3.05) is 26.2 Å². The first-order chi connectivity index (χ1) is 17.5. The van der Waals surface area contributed by atoms with Crippen LogP contribution in [0.2, 0.25) is 20.1 Å². The zero-order valence-electron chi connectivity index (χ0n) is 20.9. The Hall–Kier alpha value is -1.40. The minimum atomic E-state index is -0.340. The molecule has 2 fully saturated rings. The molecule has 2 unspecified atom stereocenters. The summed E-state index contributed by atoms with van der Waals surface area (Å²) in [5.74, 6) is -0.678. The van der Waals surface area contributed by atoms with Gasteiger partial charge < -0.3 is 5.32 Å². The van der Waals surface area contributed by atoms with Gasteiger partial charge in [0.15, 0.2) is 0 Å². The number of hydrogen-bond acceptors (Lipinski definition) is 2. The van der Waals surface area contributed by atoms with E-state index >= 15 is 0 Å². The topological polar surface area (TPSA) is 15.3 Å². The molecular weight excluding hydrogens is 556 g/mol. The molecule has 1 N–H and O–H groups in total. The first-order valence-electron chi connectivity index (χ1n) is 12.3. The quantitative estimate of drug-likeness (QED) is 0.308. The molecular formula is C29H30Cl4F2N2. The van der Waals surface area contributed by atoms with Crippen molar-refractivity contribution in [1.82, 2.24) is 10.2 Å². The van der Waals surface area contributed by atoms with Crippen LogP contribution >= 0.6 is 46.4 Å². The summed E-state index contributed by atoms with van der Waals surface area (Å²) in [6.45, 7) is 8.40. The Kier molecular flexibility index (Phi) is 9.10. The van der Waals surface area contributed by atoms with Gasteiger partial charge in [-0.15, -0.1) is 0 Å². The van der Waals surface area contributed by atoms with E-state index in [1.54, 1.807) is 12.1 Å². The van der Waals surface area contributed by atoms with E-state index in [2.05, 4.69) is 29.3 Å². The Labute approximate surface area is 237 Å². The Morgan fingerprint density at radius 2 is 1.38 bits per heavy atom. The zero-order valence-corrected chi connectivity index (χ0v) is 23.9. The maximum atomic E-state index is 14.4. The number of hydrogen-bond donors (Lipinski definition) is 1. The van der Waals surface area contributed by atoms with Crippen molar-refractivity contribution in [1.29, 1.82) is 0 Å². The van der Waals surface area contributed by atoms with Gasteiger partial charge in [-0.2, -0.15) is 0 Å². The molecule has 8 heteroatoms. The third kappa shape index (κ3) is 6.61. The van der Waals surface area contributed by atoms with Gasteiger partial charge >= 0.3 is 0 Å². The highest BCUT2D eigenvalue weighted by atomic mass is 35.5. The number of likely N-dealkylation sites (tertiary alicyclic amines) is 1. The maximum Gasteiger partial charge on any atom is 0.145 e. The number of halogens is 6. The largest absolute Gasteiger partial charge is 0.316 e. The molecule has 2 aliphatic rings. The summed E-state index contributed by atoms with van der Waals surface area (Å²) in [4.78, 5) is 2.35. The Balaban J connectivity index is 0.000000186. The fourth-order valence-corrected chi connectivity index (χ4v) is 6.28. The summed E-state index contributed by atoms with van der Waals surface area (Å²) in [6, 6.07) is 16.6. The first-order valence-corrected chi connectivity index (χ1v) is 13.8. The molecule has 0 radical (unpaired) electrons. The molecule has 0 aromatic heterocycles. The minimum absolute atomic E-state index is 0.102. The molecule has 2 saturated heterocycles. The highest BCUT2D eigenvalue weighted by Crippen LogP contribution is 2.39. The van der Waals surface area contributed by atoms with E-state index in [1.807, 2.05) is 25.1 Å². The van der Waals surface area contributed by atoms with Crippen LogP contribution in [-0.4, -0.2) is 31.1 Å². The van der Waals surface area contributed by atoms with Crippen molar-refractivity contribution in [2.45, 2.75) is 44.1 Å². The van der Waals surface area contributed by atoms with Crippen LogP contribution in [0.4, 0.5) is 8.78 Å². The van der Waals surface area contributed by atoms with Crippen LogP contribution in [0.15, 0.2) is 54.6 Å². The highest BCUT2D eigenvalue weighted by molar-refractivity contribution is 6.35. The number of rotatable bonds is 4. The Morgan fingerprint density at radius 3 is 1.92 bits per heavy atom. The van der Waals surface area contributed by atoms with Crippen LogP contribution < -0.4 is 5.32 Å². The van der Waals surface area contributed by atoms with Gasteiger partial charge in [-0.05, 0) is 66.9 Å². The molecule has 2 heterocycles. The fraction of sp³-hybridized carbons (Fsp3) is 0.379. The summed E-state index contributed by atoms with van der Waals surface area (Å²) >= 11 is 23.7. The second-order valence-electron chi connectivity index (χ2n) is 10.5. The van der Waals surface area contributed by atoms with Gasteiger partial charge in [0.2, 0.25) is 0 Å². The van der Waals surface area contributed by atoms with E-state index in [4.69, 9.17) is 46.4 Å². The van der Waals surface area contributed by atoms with Crippen molar-refractivity contribution >= 4 is 46.4 Å². The summed E-state index contributed by atoms with van der Waals surface area (Å²) < 4.78 is 28.3. The standard InChI is InChI=1S/C18H18Cl2FN.C11H12Cl2FN/c1-18(15-9-14(19)10-16(20)17(15)21)7-8-22(12-18)11-13-5-3-2-4-6-13;1-11(2-3-15-6-11)8-4-7(12)5-9(13)10(8)14/h2-6,9-10H,7-8,11-12H2,1H3;4-5,15H,2-3,6H2,1H3. The molecule has 3 aromatic carbocycles. The lowest BCUT2D eigenvalue weighted by Crippen LogP contribution is -2.29. The molecule has 0 aliphatic carbocycles. The lowest BCUT2D eigenvalue weighted by Gasteiger charge is -2.26. The number of nitrogens with one attached hydrogen (secondary N) is 1. The molecule has 0 amide bonds. The van der Waals surface area contributed by atoms with Crippen molar-refractivity contribution in [3.63, 3.8) is 0 Å². The van der Waals surface area contributed by atoms with E-state index in [9.17, 15) is 8.78 Å². The zero-order chi connectivity index (χ0) is 26.8. The van der Waals surface area contributed by atoms with Gasteiger partial charge in [-0.25, -0.2) is 8.78 Å². The SMILES string of the molecule is CC1(c2cc(Cl)cc(Cl)c2F)CCN(Cc2ccccc2)C1.CC1(c2cc(Cl)cc(Cl)c2F)CCNC1. The molecule has 37 heavy (non-hydrogen) atoms.